The second-order valence-electron chi connectivity index (χ2n) is 6.25. The summed E-state index contributed by atoms with van der Waals surface area (Å²) >= 11 is 1.19. The summed E-state index contributed by atoms with van der Waals surface area (Å²) in [6.07, 6.45) is 0. The molecule has 0 radical (unpaired) electrons. The van der Waals surface area contributed by atoms with Crippen LogP contribution in [0.1, 0.15) is 5.56 Å². The van der Waals surface area contributed by atoms with Crippen LogP contribution in [0, 0.1) is 12.7 Å². The minimum Gasteiger partial charge on any atom is -0.336 e. The summed E-state index contributed by atoms with van der Waals surface area (Å²) in [5.74, 6) is -0.932. The van der Waals surface area contributed by atoms with Crippen molar-refractivity contribution in [2.75, 3.05) is 24.7 Å². The fourth-order valence-electron chi connectivity index (χ4n) is 2.49. The first kappa shape index (κ1) is 20.5. The second-order valence-corrected chi connectivity index (χ2v) is 7.20. The topological polar surface area (TPSA) is 93.0 Å². The third-order valence-corrected chi connectivity index (χ3v) is 4.95. The van der Waals surface area contributed by atoms with Gasteiger partial charge < -0.3 is 10.2 Å². The average Bonchev–Trinajstić information content (AvgIpc) is 3.16. The Hall–Kier alpha value is -3.27. The van der Waals surface area contributed by atoms with Crippen LogP contribution >= 0.6 is 11.8 Å². The third-order valence-electron chi connectivity index (χ3n) is 4.04. The van der Waals surface area contributed by atoms with Crippen LogP contribution in [0.4, 0.5) is 10.1 Å². The van der Waals surface area contributed by atoms with Gasteiger partial charge in [0.25, 0.3) is 0 Å². The van der Waals surface area contributed by atoms with Crippen LogP contribution in [0.3, 0.4) is 0 Å². The normalized spacial score (nSPS) is 10.6. The molecule has 0 aliphatic rings. The number of hydrogen-bond donors (Lipinski definition) is 1. The zero-order valence-electron chi connectivity index (χ0n) is 15.9. The molecule has 150 valence electrons. The molecule has 2 amide bonds. The highest BCUT2D eigenvalue weighted by atomic mass is 32.2. The smallest absolute Gasteiger partial charge is 0.243 e. The first-order valence-corrected chi connectivity index (χ1v) is 9.69. The highest BCUT2D eigenvalue weighted by Gasteiger charge is 2.17. The quantitative estimate of drug-likeness (QED) is 0.597. The van der Waals surface area contributed by atoms with Gasteiger partial charge >= 0.3 is 0 Å². The lowest BCUT2D eigenvalue weighted by Crippen LogP contribution is -2.36. The van der Waals surface area contributed by atoms with Gasteiger partial charge in [0.15, 0.2) is 0 Å². The predicted octanol–water partition coefficient (Wildman–Crippen LogP) is 2.30. The molecule has 0 unspecified atom stereocenters. The zero-order valence-corrected chi connectivity index (χ0v) is 16.7. The molecule has 0 fully saturated rings. The van der Waals surface area contributed by atoms with Gasteiger partial charge in [0, 0.05) is 12.7 Å². The van der Waals surface area contributed by atoms with E-state index in [4.69, 9.17) is 0 Å². The van der Waals surface area contributed by atoms with Crippen LogP contribution in [0.25, 0.3) is 5.69 Å². The summed E-state index contributed by atoms with van der Waals surface area (Å²) in [5, 5.41) is 14.8. The van der Waals surface area contributed by atoms with Crippen molar-refractivity contribution < 1.29 is 14.0 Å². The van der Waals surface area contributed by atoms with Crippen molar-refractivity contribution in [3.63, 3.8) is 0 Å². The molecule has 0 atom stereocenters. The van der Waals surface area contributed by atoms with E-state index < -0.39 is 0 Å². The number of benzene rings is 2. The van der Waals surface area contributed by atoms with Gasteiger partial charge in [-0.2, -0.15) is 4.68 Å². The number of rotatable bonds is 7. The lowest BCUT2D eigenvalue weighted by Gasteiger charge is -2.16. The number of halogens is 1. The van der Waals surface area contributed by atoms with E-state index in [2.05, 4.69) is 20.8 Å². The average molecular weight is 414 g/mol. The summed E-state index contributed by atoms with van der Waals surface area (Å²) in [5.41, 5.74) is 2.30. The molecule has 0 spiro atoms. The van der Waals surface area contributed by atoms with E-state index in [1.165, 1.54) is 48.0 Å². The molecular weight excluding hydrogens is 395 g/mol. The van der Waals surface area contributed by atoms with Gasteiger partial charge in [0.05, 0.1) is 18.0 Å². The Morgan fingerprint density at radius 1 is 1.17 bits per heavy atom. The molecule has 0 aliphatic heterocycles. The van der Waals surface area contributed by atoms with E-state index in [0.29, 0.717) is 10.8 Å². The van der Waals surface area contributed by atoms with Gasteiger partial charge in [-0.1, -0.05) is 30.0 Å². The predicted molar refractivity (Wildman–Crippen MR) is 107 cm³/mol. The van der Waals surface area contributed by atoms with E-state index in [1.54, 1.807) is 4.68 Å². The van der Waals surface area contributed by atoms with Crippen LogP contribution in [-0.2, 0) is 9.59 Å². The molecule has 8 nitrogen and oxygen atoms in total. The second kappa shape index (κ2) is 9.28. The van der Waals surface area contributed by atoms with Crippen LogP contribution in [0.15, 0.2) is 53.7 Å². The Morgan fingerprint density at radius 2 is 1.90 bits per heavy atom. The molecule has 3 rings (SSSR count). The Labute approximate surface area is 171 Å². The maximum atomic E-state index is 12.9. The van der Waals surface area contributed by atoms with Crippen LogP contribution in [0.2, 0.25) is 0 Å². The fourth-order valence-corrected chi connectivity index (χ4v) is 3.32. The van der Waals surface area contributed by atoms with Gasteiger partial charge in [-0.05, 0) is 53.2 Å². The third kappa shape index (κ3) is 5.38. The van der Waals surface area contributed by atoms with Gasteiger partial charge in [0.2, 0.25) is 17.0 Å². The van der Waals surface area contributed by atoms with Crippen molar-refractivity contribution in [2.45, 2.75) is 12.1 Å². The molecule has 10 heteroatoms. The zero-order chi connectivity index (χ0) is 20.8. The molecule has 1 heterocycles. The van der Waals surface area contributed by atoms with Crippen molar-refractivity contribution in [2.24, 2.45) is 0 Å². The number of aryl methyl sites for hydroxylation is 1. The number of aromatic nitrogens is 4. The molecule has 1 N–H and O–H groups in total. The molecule has 0 saturated carbocycles. The molecule has 1 aromatic heterocycles. The van der Waals surface area contributed by atoms with E-state index in [1.807, 2.05) is 31.2 Å². The Bertz CT molecular complexity index is 1010. The Kier molecular flexibility index (Phi) is 6.55. The lowest BCUT2D eigenvalue weighted by atomic mass is 10.2. The van der Waals surface area contributed by atoms with Crippen molar-refractivity contribution in [3.05, 3.63) is 59.9 Å². The fraction of sp³-hybridized carbons (Fsp3) is 0.211. The number of para-hydroxylation sites is 1. The highest BCUT2D eigenvalue weighted by Crippen LogP contribution is 2.20. The molecular formula is C19H19FN6O2S. The molecule has 0 aliphatic carbocycles. The maximum Gasteiger partial charge on any atom is 0.243 e. The molecule has 29 heavy (non-hydrogen) atoms. The van der Waals surface area contributed by atoms with Gasteiger partial charge in [0.1, 0.15) is 5.82 Å². The molecule has 0 bridgehead atoms. The Balaban J connectivity index is 1.54. The van der Waals surface area contributed by atoms with Gasteiger partial charge in [-0.3, -0.25) is 9.59 Å². The van der Waals surface area contributed by atoms with Crippen LogP contribution < -0.4 is 5.32 Å². The largest absolute Gasteiger partial charge is 0.336 e. The van der Waals surface area contributed by atoms with Gasteiger partial charge in [-0.15, -0.1) is 5.10 Å². The van der Waals surface area contributed by atoms with Gasteiger partial charge in [-0.25, -0.2) is 4.39 Å². The van der Waals surface area contributed by atoms with Crippen LogP contribution in [-0.4, -0.2) is 56.3 Å². The summed E-state index contributed by atoms with van der Waals surface area (Å²) in [7, 11) is 1.54. The Morgan fingerprint density at radius 3 is 2.62 bits per heavy atom. The summed E-state index contributed by atoms with van der Waals surface area (Å²) in [4.78, 5) is 25.8. The van der Waals surface area contributed by atoms with E-state index in [-0.39, 0.29) is 29.9 Å². The minimum atomic E-state index is -0.389. The molecule has 3 aromatic rings. The monoisotopic (exact) mass is 414 g/mol. The lowest BCUT2D eigenvalue weighted by molar-refractivity contribution is -0.131. The number of nitrogens with one attached hydrogen (secondary N) is 1. The molecule has 2 aromatic carbocycles. The number of anilines is 1. The molecule has 0 saturated heterocycles. The van der Waals surface area contributed by atoms with E-state index >= 15 is 0 Å². The van der Waals surface area contributed by atoms with Crippen molar-refractivity contribution >= 4 is 29.3 Å². The number of tetrazole rings is 1. The maximum absolute atomic E-state index is 12.9. The van der Waals surface area contributed by atoms with Crippen molar-refractivity contribution in [1.82, 2.24) is 25.1 Å². The number of nitrogens with zero attached hydrogens (tertiary/aromatic N) is 5. The number of thioether (sulfide) groups is 1. The summed E-state index contributed by atoms with van der Waals surface area (Å²) in [6, 6.07) is 13.1. The number of carbonyl (C=O) groups is 2. The SMILES string of the molecule is Cc1ccccc1-n1nnnc1SCC(=O)N(C)CC(=O)Nc1ccc(F)cc1. The first-order chi connectivity index (χ1) is 13.9. The highest BCUT2D eigenvalue weighted by molar-refractivity contribution is 7.99. The van der Waals surface area contributed by atoms with Crippen LogP contribution in [0.5, 0.6) is 0 Å². The number of hydrogen-bond acceptors (Lipinski definition) is 6. The number of likely N-dealkylation sites (N-methyl/N-ethyl adjacent to an activating group) is 1. The summed E-state index contributed by atoms with van der Waals surface area (Å²) in [6.45, 7) is 1.82. The standard InChI is InChI=1S/C19H19FN6O2S/c1-13-5-3-4-6-16(13)26-19(22-23-24-26)29-12-18(28)25(2)11-17(27)21-15-9-7-14(20)8-10-15/h3-10H,11-12H2,1-2H3,(H,21,27). The first-order valence-electron chi connectivity index (χ1n) is 8.70. The number of carbonyl (C=O) groups excluding carboxylic acids is 2. The van der Waals surface area contributed by atoms with E-state index in [0.717, 1.165) is 11.3 Å². The van der Waals surface area contributed by atoms with Crippen molar-refractivity contribution in [3.8, 4) is 5.69 Å². The minimum absolute atomic E-state index is 0.0760. The summed E-state index contributed by atoms with van der Waals surface area (Å²) < 4.78 is 14.5. The number of amides is 2. The van der Waals surface area contributed by atoms with Crippen molar-refractivity contribution in [1.29, 1.82) is 0 Å². The van der Waals surface area contributed by atoms with E-state index in [9.17, 15) is 14.0 Å².